The quantitative estimate of drug-likeness (QED) is 0.169. The monoisotopic (exact) mass is 701 g/mol. The van der Waals surface area contributed by atoms with Gasteiger partial charge in [-0.05, 0) is 99.5 Å². The number of ether oxygens (including phenoxy) is 2. The molecule has 0 amide bonds. The van der Waals surface area contributed by atoms with Gasteiger partial charge in [0, 0.05) is 57.3 Å². The van der Waals surface area contributed by atoms with Crippen LogP contribution >= 0.6 is 0 Å². The van der Waals surface area contributed by atoms with E-state index >= 15 is 0 Å². The average Bonchev–Trinajstić information content (AvgIpc) is 3.25. The van der Waals surface area contributed by atoms with Crippen molar-refractivity contribution in [1.82, 2.24) is 0 Å². The molecule has 0 saturated carbocycles. The van der Waals surface area contributed by atoms with E-state index in [4.69, 9.17) is 9.47 Å². The second-order valence-corrected chi connectivity index (χ2v) is 14.8. The first-order valence-electron chi connectivity index (χ1n) is 18.9. The normalized spacial score (nSPS) is 14.3. The van der Waals surface area contributed by atoms with Crippen LogP contribution in [0.1, 0.15) is 0 Å². The highest BCUT2D eigenvalue weighted by atomic mass is 16.6. The topological polar surface area (TPSA) is 28.2 Å². The zero-order valence-corrected chi connectivity index (χ0v) is 29.6. The van der Waals surface area contributed by atoms with E-state index in [0.717, 1.165) is 40.0 Å². The van der Waals surface area contributed by atoms with Gasteiger partial charge in [-0.15, -0.1) is 0 Å². The van der Waals surface area contributed by atoms with Crippen LogP contribution in [0, 0.1) is 0 Å². The summed E-state index contributed by atoms with van der Waals surface area (Å²) in [7, 11) is 0. The second kappa shape index (κ2) is 10.7. The van der Waals surface area contributed by atoms with E-state index < -0.39 is 0 Å². The zero-order chi connectivity index (χ0) is 35.8. The van der Waals surface area contributed by atoms with Crippen LogP contribution in [0.25, 0.3) is 0 Å². The van der Waals surface area contributed by atoms with Crippen LogP contribution in [0.15, 0.2) is 176 Å². The number of rotatable bonds is 2. The van der Waals surface area contributed by atoms with Gasteiger partial charge >= 0.3 is 0 Å². The van der Waals surface area contributed by atoms with Crippen LogP contribution in [0.3, 0.4) is 0 Å². The Morgan fingerprint density at radius 3 is 1.27 bits per heavy atom. The van der Waals surface area contributed by atoms with E-state index in [0.29, 0.717) is 5.75 Å². The van der Waals surface area contributed by atoms with Crippen LogP contribution in [-0.4, -0.2) is 13.4 Å². The Labute approximate surface area is 319 Å². The highest BCUT2D eigenvalue weighted by Gasteiger charge is 2.51. The predicted octanol–water partition coefficient (Wildman–Crippen LogP) is 8.28. The van der Waals surface area contributed by atoms with E-state index in [9.17, 15) is 0 Å². The third-order valence-corrected chi connectivity index (χ3v) is 12.0. The molecule has 254 valence electrons. The van der Waals surface area contributed by atoms with Crippen molar-refractivity contribution < 1.29 is 9.47 Å². The third-order valence-electron chi connectivity index (χ3n) is 12.0. The van der Waals surface area contributed by atoms with Gasteiger partial charge in [0.25, 0.3) is 13.4 Å². The molecule has 5 aliphatic heterocycles. The Morgan fingerprint density at radius 2 is 0.727 bits per heavy atom. The smallest absolute Gasteiger partial charge is 0.252 e. The standard InChI is InChI=1S/C48H29B2N3O2/c1-3-15-30(16-4-1)51-36-22-10-7-19-32(36)49-33-20-8-11-23-37(33)53-38-24-12-9-21-34(38)50-35-27-44-45(55-43-26-14-13-25-42(43)54-44)29-39(35)52(31-17-5-2-6-18-31)41-28-40(51)46(49)48(53)47(41)50/h1-29H. The Balaban J connectivity index is 1.19. The van der Waals surface area contributed by atoms with Crippen molar-refractivity contribution in [3.63, 3.8) is 0 Å². The lowest BCUT2D eigenvalue weighted by Crippen LogP contribution is -2.68. The van der Waals surface area contributed by atoms with Crippen molar-refractivity contribution in [3.8, 4) is 23.0 Å². The molecular weight excluding hydrogens is 672 g/mol. The summed E-state index contributed by atoms with van der Waals surface area (Å²) < 4.78 is 13.2. The zero-order valence-electron chi connectivity index (χ0n) is 29.6. The minimum atomic E-state index is -0.0583. The van der Waals surface area contributed by atoms with Crippen LogP contribution in [0.4, 0.5) is 51.2 Å². The van der Waals surface area contributed by atoms with E-state index in [1.54, 1.807) is 0 Å². The number of para-hydroxylation sites is 7. The second-order valence-electron chi connectivity index (χ2n) is 14.8. The molecule has 0 unspecified atom stereocenters. The molecule has 0 radical (unpaired) electrons. The third kappa shape index (κ3) is 3.84. The van der Waals surface area contributed by atoms with Gasteiger partial charge in [-0.3, -0.25) is 0 Å². The van der Waals surface area contributed by atoms with Gasteiger partial charge in [-0.2, -0.15) is 0 Å². The van der Waals surface area contributed by atoms with Crippen molar-refractivity contribution in [2.45, 2.75) is 0 Å². The lowest BCUT2D eigenvalue weighted by Gasteiger charge is -2.51. The molecule has 8 aromatic carbocycles. The van der Waals surface area contributed by atoms with E-state index in [-0.39, 0.29) is 13.4 Å². The van der Waals surface area contributed by atoms with Crippen molar-refractivity contribution >= 4 is 97.4 Å². The van der Waals surface area contributed by atoms with E-state index in [1.807, 2.05) is 24.3 Å². The summed E-state index contributed by atoms with van der Waals surface area (Å²) in [6, 6.07) is 63.4. The number of nitrogens with zero attached hydrogens (tertiary/aromatic N) is 3. The first kappa shape index (κ1) is 29.4. The summed E-state index contributed by atoms with van der Waals surface area (Å²) in [6.07, 6.45) is 0. The minimum Gasteiger partial charge on any atom is -0.450 e. The molecule has 0 saturated heterocycles. The molecule has 0 bridgehead atoms. The summed E-state index contributed by atoms with van der Waals surface area (Å²) >= 11 is 0. The van der Waals surface area contributed by atoms with Gasteiger partial charge in [-0.1, -0.05) is 103 Å². The van der Waals surface area contributed by atoms with Crippen molar-refractivity contribution in [1.29, 1.82) is 0 Å². The molecular formula is C48H29B2N3O2. The minimum absolute atomic E-state index is 0.0492. The highest BCUT2D eigenvalue weighted by molar-refractivity contribution is 7.04. The maximum absolute atomic E-state index is 6.63. The number of benzene rings is 8. The first-order valence-corrected chi connectivity index (χ1v) is 18.9. The molecule has 5 nitrogen and oxygen atoms in total. The number of hydrogen-bond acceptors (Lipinski definition) is 5. The molecule has 8 aromatic rings. The average molecular weight is 701 g/mol. The summed E-state index contributed by atoms with van der Waals surface area (Å²) in [6.45, 7) is -0.00907. The molecule has 0 aromatic heterocycles. The van der Waals surface area contributed by atoms with Gasteiger partial charge in [0.2, 0.25) is 0 Å². The van der Waals surface area contributed by atoms with E-state index in [2.05, 4.69) is 166 Å². The lowest BCUT2D eigenvalue weighted by molar-refractivity contribution is 0.360. The SMILES string of the molecule is c1ccc(N2c3ccccc3B3c4ccccc4N4c5ccccc5B5c6cc7c(cc6N(c6ccccc6)c6cc2c3c4c65)Oc2ccccc2O7)cc1. The van der Waals surface area contributed by atoms with Gasteiger partial charge in [0.05, 0.1) is 0 Å². The highest BCUT2D eigenvalue weighted by Crippen LogP contribution is 2.52. The largest absolute Gasteiger partial charge is 0.450 e. The van der Waals surface area contributed by atoms with Crippen molar-refractivity contribution in [2.24, 2.45) is 0 Å². The summed E-state index contributed by atoms with van der Waals surface area (Å²) in [5.74, 6) is 2.88. The number of hydrogen-bond donors (Lipinski definition) is 0. The van der Waals surface area contributed by atoms with Crippen molar-refractivity contribution in [2.75, 3.05) is 14.7 Å². The van der Waals surface area contributed by atoms with Crippen molar-refractivity contribution in [3.05, 3.63) is 176 Å². The molecule has 0 spiro atoms. The fraction of sp³-hybridized carbons (Fsp3) is 0. The molecule has 5 aliphatic rings. The van der Waals surface area contributed by atoms with Crippen LogP contribution < -0.4 is 57.0 Å². The maximum atomic E-state index is 6.63. The predicted molar refractivity (Wildman–Crippen MR) is 226 cm³/mol. The number of fused-ring (bicyclic) bond motifs is 12. The molecule has 0 atom stereocenters. The Bertz CT molecular complexity index is 2920. The van der Waals surface area contributed by atoms with Gasteiger partial charge in [-0.25, -0.2) is 0 Å². The summed E-state index contributed by atoms with van der Waals surface area (Å²) in [5.41, 5.74) is 18.3. The van der Waals surface area contributed by atoms with Gasteiger partial charge < -0.3 is 24.2 Å². The van der Waals surface area contributed by atoms with E-state index in [1.165, 1.54) is 61.2 Å². The Kier molecular flexibility index (Phi) is 5.73. The number of anilines is 9. The maximum Gasteiger partial charge on any atom is 0.252 e. The molecule has 55 heavy (non-hydrogen) atoms. The fourth-order valence-electron chi connectivity index (χ4n) is 9.96. The van der Waals surface area contributed by atoms with Crippen LogP contribution in [-0.2, 0) is 0 Å². The Morgan fingerprint density at radius 1 is 0.309 bits per heavy atom. The van der Waals surface area contributed by atoms with Gasteiger partial charge in [0.1, 0.15) is 0 Å². The first-order chi connectivity index (χ1) is 27.3. The fourth-order valence-corrected chi connectivity index (χ4v) is 9.96. The summed E-state index contributed by atoms with van der Waals surface area (Å²) in [4.78, 5) is 7.50. The van der Waals surface area contributed by atoms with Crippen LogP contribution in [0.5, 0.6) is 23.0 Å². The van der Waals surface area contributed by atoms with Crippen LogP contribution in [0.2, 0.25) is 0 Å². The molecule has 5 heterocycles. The molecule has 13 rings (SSSR count). The molecule has 0 N–H and O–H groups in total. The Hall–Kier alpha value is -7.11. The molecule has 0 aliphatic carbocycles. The van der Waals surface area contributed by atoms with Gasteiger partial charge in [0.15, 0.2) is 23.0 Å². The molecule has 0 fully saturated rings. The molecule has 7 heteroatoms. The summed E-state index contributed by atoms with van der Waals surface area (Å²) in [5, 5.41) is 0. The lowest BCUT2D eigenvalue weighted by atomic mass is 9.28.